The fourth-order valence-corrected chi connectivity index (χ4v) is 2.68. The third-order valence-corrected chi connectivity index (χ3v) is 3.83. The summed E-state index contributed by atoms with van der Waals surface area (Å²) in [7, 11) is 0. The van der Waals surface area contributed by atoms with Crippen molar-refractivity contribution < 1.29 is 9.47 Å². The standard InChI is InChI=1S/C18H21NO2/c19-17-10-4-3-9-16(17)15-8-2-1-7-14(15)13-21-18-11-5-6-12-20-18/h1-4,7-10,18H,5-6,11-13,19H2. The van der Waals surface area contributed by atoms with Crippen molar-refractivity contribution >= 4 is 5.69 Å². The summed E-state index contributed by atoms with van der Waals surface area (Å²) in [6.45, 7) is 1.35. The Morgan fingerprint density at radius 1 is 1.00 bits per heavy atom. The highest BCUT2D eigenvalue weighted by Crippen LogP contribution is 2.29. The number of ether oxygens (including phenoxy) is 2. The van der Waals surface area contributed by atoms with E-state index in [1.807, 2.05) is 36.4 Å². The summed E-state index contributed by atoms with van der Waals surface area (Å²) in [5.74, 6) is 0. The Balaban J connectivity index is 1.78. The summed E-state index contributed by atoms with van der Waals surface area (Å²) < 4.78 is 11.5. The maximum absolute atomic E-state index is 6.09. The fourth-order valence-electron chi connectivity index (χ4n) is 2.68. The van der Waals surface area contributed by atoms with Crippen LogP contribution >= 0.6 is 0 Å². The number of anilines is 1. The van der Waals surface area contributed by atoms with E-state index in [2.05, 4.69) is 12.1 Å². The molecule has 1 fully saturated rings. The smallest absolute Gasteiger partial charge is 0.158 e. The number of nitrogen functional groups attached to an aromatic ring is 1. The van der Waals surface area contributed by atoms with Crippen molar-refractivity contribution in [1.29, 1.82) is 0 Å². The number of hydrogen-bond donors (Lipinski definition) is 1. The van der Waals surface area contributed by atoms with Crippen LogP contribution < -0.4 is 5.73 Å². The van der Waals surface area contributed by atoms with Gasteiger partial charge in [-0.05, 0) is 36.5 Å². The monoisotopic (exact) mass is 283 g/mol. The van der Waals surface area contributed by atoms with E-state index in [9.17, 15) is 0 Å². The summed E-state index contributed by atoms with van der Waals surface area (Å²) in [4.78, 5) is 0. The zero-order chi connectivity index (χ0) is 14.5. The Bertz CT molecular complexity index is 591. The van der Waals surface area contributed by atoms with Crippen LogP contribution in [-0.2, 0) is 16.1 Å². The molecule has 1 saturated heterocycles. The van der Waals surface area contributed by atoms with E-state index < -0.39 is 0 Å². The van der Waals surface area contributed by atoms with Crippen molar-refractivity contribution in [1.82, 2.24) is 0 Å². The number of benzene rings is 2. The van der Waals surface area contributed by atoms with Crippen molar-refractivity contribution in [3.63, 3.8) is 0 Å². The van der Waals surface area contributed by atoms with E-state index in [1.54, 1.807) is 0 Å². The van der Waals surface area contributed by atoms with Gasteiger partial charge >= 0.3 is 0 Å². The minimum atomic E-state index is -0.0695. The van der Waals surface area contributed by atoms with E-state index in [1.165, 1.54) is 6.42 Å². The van der Waals surface area contributed by atoms with Crippen LogP contribution in [0.2, 0.25) is 0 Å². The topological polar surface area (TPSA) is 44.5 Å². The van der Waals surface area contributed by atoms with Crippen LogP contribution in [-0.4, -0.2) is 12.9 Å². The summed E-state index contributed by atoms with van der Waals surface area (Å²) in [6.07, 6.45) is 3.23. The van der Waals surface area contributed by atoms with Gasteiger partial charge in [0, 0.05) is 17.9 Å². The predicted molar refractivity (Wildman–Crippen MR) is 84.7 cm³/mol. The van der Waals surface area contributed by atoms with Crippen LogP contribution in [0.25, 0.3) is 11.1 Å². The lowest BCUT2D eigenvalue weighted by atomic mass is 9.99. The lowest BCUT2D eigenvalue weighted by Gasteiger charge is -2.23. The molecule has 0 radical (unpaired) electrons. The average molecular weight is 283 g/mol. The number of para-hydroxylation sites is 1. The maximum Gasteiger partial charge on any atom is 0.158 e. The van der Waals surface area contributed by atoms with Crippen molar-refractivity contribution in [2.75, 3.05) is 12.3 Å². The molecule has 3 heteroatoms. The molecule has 1 atom stereocenters. The molecule has 21 heavy (non-hydrogen) atoms. The average Bonchev–Trinajstić information content (AvgIpc) is 2.55. The highest BCUT2D eigenvalue weighted by atomic mass is 16.7. The molecule has 0 saturated carbocycles. The van der Waals surface area contributed by atoms with Crippen molar-refractivity contribution in [3.8, 4) is 11.1 Å². The molecular formula is C18H21NO2. The summed E-state index contributed by atoms with van der Waals surface area (Å²) in [6, 6.07) is 16.2. The first kappa shape index (κ1) is 14.1. The van der Waals surface area contributed by atoms with Gasteiger partial charge in [0.05, 0.1) is 6.61 Å². The molecule has 1 unspecified atom stereocenters. The van der Waals surface area contributed by atoms with E-state index in [-0.39, 0.29) is 6.29 Å². The Kier molecular flexibility index (Phi) is 4.53. The summed E-state index contributed by atoms with van der Waals surface area (Å²) in [5.41, 5.74) is 10.2. The summed E-state index contributed by atoms with van der Waals surface area (Å²) in [5, 5.41) is 0. The molecule has 3 nitrogen and oxygen atoms in total. The van der Waals surface area contributed by atoms with Crippen LogP contribution in [0.1, 0.15) is 24.8 Å². The van der Waals surface area contributed by atoms with Crippen LogP contribution in [0, 0.1) is 0 Å². The molecule has 2 N–H and O–H groups in total. The van der Waals surface area contributed by atoms with Crippen LogP contribution in [0.15, 0.2) is 48.5 Å². The van der Waals surface area contributed by atoms with Crippen LogP contribution in [0.3, 0.4) is 0 Å². The number of rotatable bonds is 4. The Labute approximate surface area is 125 Å². The van der Waals surface area contributed by atoms with E-state index in [0.717, 1.165) is 41.8 Å². The molecule has 2 aromatic rings. The molecule has 2 aromatic carbocycles. The lowest BCUT2D eigenvalue weighted by molar-refractivity contribution is -0.168. The first-order chi connectivity index (χ1) is 10.3. The normalized spacial score (nSPS) is 18.6. The molecule has 0 amide bonds. The highest BCUT2D eigenvalue weighted by molar-refractivity contribution is 5.78. The predicted octanol–water partition coefficient (Wildman–Crippen LogP) is 3.98. The van der Waals surface area contributed by atoms with Crippen molar-refractivity contribution in [2.24, 2.45) is 0 Å². The second-order valence-electron chi connectivity index (χ2n) is 5.35. The minimum absolute atomic E-state index is 0.0695. The quantitative estimate of drug-likeness (QED) is 0.863. The van der Waals surface area contributed by atoms with Crippen LogP contribution in [0.5, 0.6) is 0 Å². The SMILES string of the molecule is Nc1ccccc1-c1ccccc1COC1CCCCO1. The summed E-state index contributed by atoms with van der Waals surface area (Å²) >= 11 is 0. The Hall–Kier alpha value is -1.84. The molecule has 1 aliphatic heterocycles. The molecule has 0 aromatic heterocycles. The highest BCUT2D eigenvalue weighted by Gasteiger charge is 2.15. The van der Waals surface area contributed by atoms with Gasteiger partial charge in [0.15, 0.2) is 6.29 Å². The van der Waals surface area contributed by atoms with Gasteiger partial charge in [-0.2, -0.15) is 0 Å². The Morgan fingerprint density at radius 3 is 2.52 bits per heavy atom. The van der Waals surface area contributed by atoms with Gasteiger partial charge in [-0.15, -0.1) is 0 Å². The molecule has 3 rings (SSSR count). The third-order valence-electron chi connectivity index (χ3n) is 3.83. The van der Waals surface area contributed by atoms with E-state index in [0.29, 0.717) is 6.61 Å². The first-order valence-corrected chi connectivity index (χ1v) is 7.50. The second kappa shape index (κ2) is 6.74. The van der Waals surface area contributed by atoms with Gasteiger partial charge in [0.25, 0.3) is 0 Å². The molecule has 1 heterocycles. The lowest BCUT2D eigenvalue weighted by Crippen LogP contribution is -2.22. The number of nitrogens with two attached hydrogens (primary N) is 1. The zero-order valence-corrected chi connectivity index (χ0v) is 12.1. The molecule has 0 spiro atoms. The second-order valence-corrected chi connectivity index (χ2v) is 5.35. The minimum Gasteiger partial charge on any atom is -0.398 e. The third kappa shape index (κ3) is 3.43. The number of hydrogen-bond acceptors (Lipinski definition) is 3. The van der Waals surface area contributed by atoms with E-state index in [4.69, 9.17) is 15.2 Å². The van der Waals surface area contributed by atoms with Crippen molar-refractivity contribution in [2.45, 2.75) is 32.2 Å². The van der Waals surface area contributed by atoms with Gasteiger partial charge in [-0.1, -0.05) is 42.5 Å². The van der Waals surface area contributed by atoms with Gasteiger partial charge < -0.3 is 15.2 Å². The maximum atomic E-state index is 6.09. The zero-order valence-electron chi connectivity index (χ0n) is 12.1. The Morgan fingerprint density at radius 2 is 1.76 bits per heavy atom. The van der Waals surface area contributed by atoms with Gasteiger partial charge in [-0.25, -0.2) is 0 Å². The molecular weight excluding hydrogens is 262 g/mol. The van der Waals surface area contributed by atoms with Gasteiger partial charge in [-0.3, -0.25) is 0 Å². The fraction of sp³-hybridized carbons (Fsp3) is 0.333. The van der Waals surface area contributed by atoms with Crippen molar-refractivity contribution in [3.05, 3.63) is 54.1 Å². The van der Waals surface area contributed by atoms with Gasteiger partial charge in [0.2, 0.25) is 0 Å². The van der Waals surface area contributed by atoms with Crippen LogP contribution in [0.4, 0.5) is 5.69 Å². The van der Waals surface area contributed by atoms with E-state index >= 15 is 0 Å². The molecule has 1 aliphatic rings. The molecule has 0 aliphatic carbocycles. The molecule has 110 valence electrons. The largest absolute Gasteiger partial charge is 0.398 e. The molecule has 0 bridgehead atoms. The first-order valence-electron chi connectivity index (χ1n) is 7.50. The van der Waals surface area contributed by atoms with Gasteiger partial charge in [0.1, 0.15) is 0 Å².